The third-order valence-electron chi connectivity index (χ3n) is 5.49. The molecule has 0 aliphatic carbocycles. The van der Waals surface area contributed by atoms with E-state index in [1.165, 1.54) is 33.6 Å². The van der Waals surface area contributed by atoms with Crippen LogP contribution in [0, 0.1) is 19.8 Å². The molecule has 0 radical (unpaired) electrons. The van der Waals surface area contributed by atoms with E-state index in [2.05, 4.69) is 67.5 Å². The van der Waals surface area contributed by atoms with Crippen molar-refractivity contribution in [2.24, 2.45) is 5.92 Å². The topological polar surface area (TPSA) is 21.1 Å². The summed E-state index contributed by atoms with van der Waals surface area (Å²) in [5.74, 6) is 0.615. The van der Waals surface area contributed by atoms with Gasteiger partial charge in [0.25, 0.3) is 0 Å². The molecular formula is C22H27N3. The molecule has 0 saturated heterocycles. The first-order chi connectivity index (χ1) is 12.1. The van der Waals surface area contributed by atoms with Crippen molar-refractivity contribution < 1.29 is 0 Å². The molecule has 0 N–H and O–H groups in total. The van der Waals surface area contributed by atoms with Gasteiger partial charge in [0.05, 0.1) is 16.7 Å². The van der Waals surface area contributed by atoms with Crippen molar-refractivity contribution in [3.63, 3.8) is 0 Å². The van der Waals surface area contributed by atoms with Crippen LogP contribution in [-0.4, -0.2) is 16.1 Å². The Kier molecular flexibility index (Phi) is 4.03. The number of fused-ring (bicyclic) bond motifs is 2. The SMILES string of the molecule is Cc1c(C)n(CC(C)C)c2c(N3CCc4ccccc4C3)ccnc12. The van der Waals surface area contributed by atoms with E-state index in [9.17, 15) is 0 Å². The van der Waals surface area contributed by atoms with Crippen LogP contribution in [0.15, 0.2) is 36.5 Å². The van der Waals surface area contributed by atoms with Crippen LogP contribution in [0.4, 0.5) is 5.69 Å². The second-order valence-electron chi connectivity index (χ2n) is 7.68. The van der Waals surface area contributed by atoms with E-state index in [-0.39, 0.29) is 0 Å². The first-order valence-electron chi connectivity index (χ1n) is 9.32. The Hall–Kier alpha value is -2.29. The zero-order valence-corrected chi connectivity index (χ0v) is 15.7. The van der Waals surface area contributed by atoms with Crippen LogP contribution in [0.1, 0.15) is 36.2 Å². The fourth-order valence-corrected chi connectivity index (χ4v) is 4.08. The van der Waals surface area contributed by atoms with Gasteiger partial charge in [-0.15, -0.1) is 0 Å². The lowest BCUT2D eigenvalue weighted by Crippen LogP contribution is -2.30. The maximum atomic E-state index is 4.72. The fraction of sp³-hybridized carbons (Fsp3) is 0.409. The van der Waals surface area contributed by atoms with Gasteiger partial charge in [-0.3, -0.25) is 4.98 Å². The van der Waals surface area contributed by atoms with Gasteiger partial charge in [-0.05, 0) is 48.9 Å². The number of rotatable bonds is 3. The summed E-state index contributed by atoms with van der Waals surface area (Å²) in [6.07, 6.45) is 3.09. The molecule has 1 aliphatic rings. The molecule has 1 aromatic carbocycles. The summed E-state index contributed by atoms with van der Waals surface area (Å²) in [5.41, 5.74) is 9.41. The maximum Gasteiger partial charge on any atom is 0.0934 e. The lowest BCUT2D eigenvalue weighted by molar-refractivity contribution is 0.526. The van der Waals surface area contributed by atoms with Crippen LogP contribution >= 0.6 is 0 Å². The predicted molar refractivity (Wildman–Crippen MR) is 105 cm³/mol. The maximum absolute atomic E-state index is 4.72. The highest BCUT2D eigenvalue weighted by atomic mass is 15.2. The van der Waals surface area contributed by atoms with Gasteiger partial charge in [0.1, 0.15) is 0 Å². The summed E-state index contributed by atoms with van der Waals surface area (Å²) in [6.45, 7) is 12.1. The van der Waals surface area contributed by atoms with Crippen molar-refractivity contribution in [3.8, 4) is 0 Å². The van der Waals surface area contributed by atoms with Crippen LogP contribution in [0.25, 0.3) is 11.0 Å². The quantitative estimate of drug-likeness (QED) is 0.682. The molecule has 3 nitrogen and oxygen atoms in total. The van der Waals surface area contributed by atoms with Gasteiger partial charge in [0, 0.05) is 31.5 Å². The van der Waals surface area contributed by atoms with Crippen LogP contribution in [0.3, 0.4) is 0 Å². The Balaban J connectivity index is 1.84. The van der Waals surface area contributed by atoms with E-state index in [0.29, 0.717) is 5.92 Å². The lowest BCUT2D eigenvalue weighted by atomic mass is 9.99. The van der Waals surface area contributed by atoms with Crippen molar-refractivity contribution in [2.75, 3.05) is 11.4 Å². The first kappa shape index (κ1) is 16.2. The number of aryl methyl sites for hydroxylation is 1. The molecule has 4 rings (SSSR count). The summed E-state index contributed by atoms with van der Waals surface area (Å²) in [5, 5.41) is 0. The monoisotopic (exact) mass is 333 g/mol. The molecule has 3 heteroatoms. The van der Waals surface area contributed by atoms with E-state index in [4.69, 9.17) is 4.98 Å². The summed E-state index contributed by atoms with van der Waals surface area (Å²) in [7, 11) is 0. The Morgan fingerprint density at radius 2 is 1.84 bits per heavy atom. The van der Waals surface area contributed by atoms with Crippen LogP contribution in [0.2, 0.25) is 0 Å². The summed E-state index contributed by atoms with van der Waals surface area (Å²) >= 11 is 0. The third-order valence-corrected chi connectivity index (χ3v) is 5.49. The molecule has 1 aliphatic heterocycles. The molecule has 130 valence electrons. The van der Waals surface area contributed by atoms with Crippen molar-refractivity contribution in [2.45, 2.75) is 47.2 Å². The highest BCUT2D eigenvalue weighted by Crippen LogP contribution is 2.34. The van der Waals surface area contributed by atoms with Gasteiger partial charge in [0.15, 0.2) is 0 Å². The standard InChI is InChI=1S/C22H27N3/c1-15(2)13-25-17(4)16(3)21-22(25)20(9-11-23-21)24-12-10-18-7-5-6-8-19(18)14-24/h5-9,11,15H,10,12-14H2,1-4H3. The van der Waals surface area contributed by atoms with Gasteiger partial charge in [0.2, 0.25) is 0 Å². The number of benzene rings is 1. The average molecular weight is 333 g/mol. The van der Waals surface area contributed by atoms with Crippen molar-refractivity contribution in [1.82, 2.24) is 9.55 Å². The van der Waals surface area contributed by atoms with Gasteiger partial charge in [-0.2, -0.15) is 0 Å². The lowest BCUT2D eigenvalue weighted by Gasteiger charge is -2.31. The number of hydrogen-bond acceptors (Lipinski definition) is 2. The number of pyridine rings is 1. The second kappa shape index (κ2) is 6.21. The zero-order chi connectivity index (χ0) is 17.6. The van der Waals surface area contributed by atoms with E-state index < -0.39 is 0 Å². The fourth-order valence-electron chi connectivity index (χ4n) is 4.08. The van der Waals surface area contributed by atoms with Gasteiger partial charge < -0.3 is 9.47 Å². The number of nitrogens with zero attached hydrogens (tertiary/aromatic N) is 3. The summed E-state index contributed by atoms with van der Waals surface area (Å²) in [6, 6.07) is 11.0. The molecule has 0 spiro atoms. The Morgan fingerprint density at radius 3 is 2.60 bits per heavy atom. The second-order valence-corrected chi connectivity index (χ2v) is 7.68. The van der Waals surface area contributed by atoms with Gasteiger partial charge in [-0.1, -0.05) is 38.1 Å². The molecule has 3 heterocycles. The first-order valence-corrected chi connectivity index (χ1v) is 9.32. The minimum Gasteiger partial charge on any atom is -0.365 e. The number of anilines is 1. The minimum absolute atomic E-state index is 0.615. The highest BCUT2D eigenvalue weighted by Gasteiger charge is 2.22. The largest absolute Gasteiger partial charge is 0.365 e. The molecule has 0 unspecified atom stereocenters. The molecule has 25 heavy (non-hydrogen) atoms. The highest BCUT2D eigenvalue weighted by molar-refractivity contribution is 5.92. The minimum atomic E-state index is 0.615. The van der Waals surface area contributed by atoms with Crippen LogP contribution in [-0.2, 0) is 19.5 Å². The molecule has 0 fully saturated rings. The summed E-state index contributed by atoms with van der Waals surface area (Å²) < 4.78 is 2.48. The molecule has 0 atom stereocenters. The van der Waals surface area contributed by atoms with Crippen LogP contribution in [0.5, 0.6) is 0 Å². The van der Waals surface area contributed by atoms with E-state index in [1.807, 2.05) is 6.20 Å². The normalized spacial score (nSPS) is 14.4. The molecule has 3 aromatic rings. The van der Waals surface area contributed by atoms with Gasteiger partial charge in [-0.25, -0.2) is 0 Å². The Morgan fingerprint density at radius 1 is 1.08 bits per heavy atom. The Bertz CT molecular complexity index is 920. The molecule has 0 saturated carbocycles. The number of aromatic nitrogens is 2. The van der Waals surface area contributed by atoms with Crippen molar-refractivity contribution in [3.05, 3.63) is 58.9 Å². The molecule has 0 bridgehead atoms. The predicted octanol–water partition coefficient (Wildman–Crippen LogP) is 4.87. The van der Waals surface area contributed by atoms with Crippen molar-refractivity contribution >= 4 is 16.7 Å². The van der Waals surface area contributed by atoms with E-state index >= 15 is 0 Å². The smallest absolute Gasteiger partial charge is 0.0934 e. The zero-order valence-electron chi connectivity index (χ0n) is 15.7. The van der Waals surface area contributed by atoms with E-state index in [0.717, 1.165) is 31.6 Å². The summed E-state index contributed by atoms with van der Waals surface area (Å²) in [4.78, 5) is 7.25. The average Bonchev–Trinajstić information content (AvgIpc) is 2.86. The van der Waals surface area contributed by atoms with Gasteiger partial charge >= 0.3 is 0 Å². The molecule has 2 aromatic heterocycles. The van der Waals surface area contributed by atoms with E-state index in [1.54, 1.807) is 0 Å². The third kappa shape index (κ3) is 2.72. The molecule has 0 amide bonds. The van der Waals surface area contributed by atoms with Crippen molar-refractivity contribution in [1.29, 1.82) is 0 Å². The van der Waals surface area contributed by atoms with Crippen LogP contribution < -0.4 is 4.90 Å². The Labute approximate surface area is 150 Å². The number of hydrogen-bond donors (Lipinski definition) is 0. The molecular weight excluding hydrogens is 306 g/mol.